The Morgan fingerprint density at radius 2 is 2.18 bits per heavy atom. The fraction of sp³-hybridized carbons (Fsp3) is 0.750. The van der Waals surface area contributed by atoms with E-state index in [1.165, 1.54) is 0 Å². The Morgan fingerprint density at radius 3 is 2.55 bits per heavy atom. The van der Waals surface area contributed by atoms with Gasteiger partial charge in [-0.3, -0.25) is 4.79 Å². The van der Waals surface area contributed by atoms with E-state index in [0.717, 1.165) is 0 Å². The first-order valence-corrected chi connectivity index (χ1v) is 4.53. The predicted molar refractivity (Wildman–Crippen MR) is 36.7 cm³/mol. The maximum atomic E-state index is 10.5. The molecule has 3 N–H and O–H groups in total. The Labute approximate surface area is 63.8 Å². The van der Waals surface area contributed by atoms with E-state index >= 15 is 0 Å². The number of esters is 1. The minimum Gasteiger partial charge on any atom is -0.465 e. The Bertz CT molecular complexity index is 175. The standard InChI is InChI=1S/C4H10NO5P/c1-2-10-4(6)3-5-11(7,8)9/h2-3H2,1H3,(H3,5,7,8,9). The molecule has 0 bridgehead atoms. The monoisotopic (exact) mass is 183 g/mol. The van der Waals surface area contributed by atoms with E-state index in [9.17, 15) is 9.36 Å². The first kappa shape index (κ1) is 10.6. The third kappa shape index (κ3) is 7.48. The number of nitrogens with one attached hydrogen (secondary N) is 1. The molecule has 0 amide bonds. The lowest BCUT2D eigenvalue weighted by Crippen LogP contribution is -2.22. The zero-order valence-electron chi connectivity index (χ0n) is 5.98. The highest BCUT2D eigenvalue weighted by atomic mass is 31.2. The van der Waals surface area contributed by atoms with Gasteiger partial charge in [-0.1, -0.05) is 0 Å². The Hall–Kier alpha value is -0.420. The molecule has 0 aromatic heterocycles. The van der Waals surface area contributed by atoms with Gasteiger partial charge in [0.25, 0.3) is 0 Å². The molecule has 0 fully saturated rings. The number of rotatable bonds is 4. The Morgan fingerprint density at radius 1 is 1.64 bits per heavy atom. The van der Waals surface area contributed by atoms with Gasteiger partial charge in [-0.2, -0.15) is 0 Å². The number of carbonyl (C=O) groups excluding carboxylic acids is 1. The summed E-state index contributed by atoms with van der Waals surface area (Å²) in [5.74, 6) is -0.684. The third-order valence-electron chi connectivity index (χ3n) is 0.735. The second-order valence-electron chi connectivity index (χ2n) is 1.68. The van der Waals surface area contributed by atoms with Crippen LogP contribution < -0.4 is 5.09 Å². The van der Waals surface area contributed by atoms with Gasteiger partial charge in [-0.05, 0) is 6.92 Å². The first-order chi connectivity index (χ1) is 4.95. The molecule has 0 spiro atoms. The molecule has 0 saturated carbocycles. The van der Waals surface area contributed by atoms with Crippen LogP contribution >= 0.6 is 7.75 Å². The fourth-order valence-electron chi connectivity index (χ4n) is 0.380. The second-order valence-corrected chi connectivity index (χ2v) is 3.09. The van der Waals surface area contributed by atoms with Gasteiger partial charge in [-0.25, -0.2) is 9.65 Å². The van der Waals surface area contributed by atoms with E-state index in [4.69, 9.17) is 9.79 Å². The van der Waals surface area contributed by atoms with E-state index in [0.29, 0.717) is 0 Å². The summed E-state index contributed by atoms with van der Waals surface area (Å²) in [7, 11) is -4.29. The largest absolute Gasteiger partial charge is 0.465 e. The molecular weight excluding hydrogens is 173 g/mol. The topological polar surface area (TPSA) is 95.9 Å². The highest BCUT2D eigenvalue weighted by molar-refractivity contribution is 7.49. The van der Waals surface area contributed by atoms with Crippen LogP contribution in [0.5, 0.6) is 0 Å². The lowest BCUT2D eigenvalue weighted by atomic mass is 10.7. The molecule has 0 heterocycles. The summed E-state index contributed by atoms with van der Waals surface area (Å²) in [5.41, 5.74) is 0. The molecule has 7 heteroatoms. The van der Waals surface area contributed by atoms with Gasteiger partial charge in [0.1, 0.15) is 6.54 Å². The number of hydrogen-bond donors (Lipinski definition) is 3. The number of hydrogen-bond acceptors (Lipinski definition) is 3. The third-order valence-corrected chi connectivity index (χ3v) is 1.30. The van der Waals surface area contributed by atoms with Gasteiger partial charge in [0, 0.05) is 0 Å². The Kier molecular flexibility index (Phi) is 4.29. The molecule has 6 nitrogen and oxygen atoms in total. The molecule has 0 atom stereocenters. The fourth-order valence-corrected chi connectivity index (χ4v) is 0.715. The van der Waals surface area contributed by atoms with Crippen molar-refractivity contribution in [2.45, 2.75) is 6.92 Å². The lowest BCUT2D eigenvalue weighted by Gasteiger charge is -2.04. The normalized spacial score (nSPS) is 11.2. The maximum absolute atomic E-state index is 10.5. The van der Waals surface area contributed by atoms with E-state index in [2.05, 4.69) is 4.74 Å². The average Bonchev–Trinajstić information content (AvgIpc) is 1.83. The van der Waals surface area contributed by atoms with E-state index in [-0.39, 0.29) is 6.61 Å². The zero-order chi connectivity index (χ0) is 8.91. The van der Waals surface area contributed by atoms with Gasteiger partial charge >= 0.3 is 13.7 Å². The first-order valence-electron chi connectivity index (χ1n) is 2.92. The summed E-state index contributed by atoms with van der Waals surface area (Å²) in [6.45, 7) is 1.33. The van der Waals surface area contributed by atoms with E-state index in [1.807, 2.05) is 0 Å². The van der Waals surface area contributed by atoms with Crippen molar-refractivity contribution < 1.29 is 23.9 Å². The van der Waals surface area contributed by atoms with Crippen molar-refractivity contribution in [3.8, 4) is 0 Å². The van der Waals surface area contributed by atoms with Crippen molar-refractivity contribution in [1.29, 1.82) is 0 Å². The van der Waals surface area contributed by atoms with Crippen LogP contribution in [0.1, 0.15) is 6.92 Å². The molecule has 0 aromatic rings. The smallest absolute Gasteiger partial charge is 0.400 e. The lowest BCUT2D eigenvalue weighted by molar-refractivity contribution is -0.141. The number of carbonyl (C=O) groups is 1. The summed E-state index contributed by atoms with van der Waals surface area (Å²) in [6, 6.07) is 0. The molecule has 0 unspecified atom stereocenters. The molecule has 0 radical (unpaired) electrons. The summed E-state index contributed by atoms with van der Waals surface area (Å²) in [4.78, 5) is 26.9. The van der Waals surface area contributed by atoms with Crippen molar-refractivity contribution in [1.82, 2.24) is 5.09 Å². The van der Waals surface area contributed by atoms with E-state index < -0.39 is 20.3 Å². The van der Waals surface area contributed by atoms with Crippen LogP contribution in [0.15, 0.2) is 0 Å². The highest BCUT2D eigenvalue weighted by Crippen LogP contribution is 2.27. The van der Waals surface area contributed by atoms with Gasteiger partial charge in [0.05, 0.1) is 6.61 Å². The van der Waals surface area contributed by atoms with Gasteiger partial charge in [0.2, 0.25) is 0 Å². The summed E-state index contributed by atoms with van der Waals surface area (Å²) < 4.78 is 14.5. The van der Waals surface area contributed by atoms with Crippen molar-refractivity contribution in [3.05, 3.63) is 0 Å². The predicted octanol–water partition coefficient (Wildman–Crippen LogP) is -0.768. The van der Waals surface area contributed by atoms with E-state index in [1.54, 1.807) is 12.0 Å². The average molecular weight is 183 g/mol. The van der Waals surface area contributed by atoms with Crippen LogP contribution in [0.25, 0.3) is 0 Å². The maximum Gasteiger partial charge on any atom is 0.400 e. The van der Waals surface area contributed by atoms with Crippen molar-refractivity contribution in [3.63, 3.8) is 0 Å². The highest BCUT2D eigenvalue weighted by Gasteiger charge is 2.13. The molecule has 0 aliphatic carbocycles. The SMILES string of the molecule is CCOC(=O)CNP(=O)(O)O. The van der Waals surface area contributed by atoms with Crippen LogP contribution in [0.2, 0.25) is 0 Å². The molecule has 0 aliphatic rings. The minimum absolute atomic E-state index is 0.196. The zero-order valence-corrected chi connectivity index (χ0v) is 6.88. The van der Waals surface area contributed by atoms with Gasteiger partial charge < -0.3 is 14.5 Å². The minimum atomic E-state index is -4.29. The summed E-state index contributed by atoms with van der Waals surface area (Å²) >= 11 is 0. The quantitative estimate of drug-likeness (QED) is 0.391. The van der Waals surface area contributed by atoms with Gasteiger partial charge in [-0.15, -0.1) is 0 Å². The van der Waals surface area contributed by atoms with Crippen LogP contribution in [-0.4, -0.2) is 28.9 Å². The molecule has 11 heavy (non-hydrogen) atoms. The van der Waals surface area contributed by atoms with Crippen LogP contribution in [0, 0.1) is 0 Å². The van der Waals surface area contributed by atoms with Crippen molar-refractivity contribution in [2.75, 3.05) is 13.2 Å². The molecule has 0 aromatic carbocycles. The van der Waals surface area contributed by atoms with Crippen molar-refractivity contribution in [2.24, 2.45) is 0 Å². The molecule has 0 aliphatic heterocycles. The van der Waals surface area contributed by atoms with Gasteiger partial charge in [0.15, 0.2) is 0 Å². The van der Waals surface area contributed by atoms with Crippen LogP contribution in [0.4, 0.5) is 0 Å². The second kappa shape index (κ2) is 4.46. The number of ether oxygens (including phenoxy) is 1. The van der Waals surface area contributed by atoms with Crippen LogP contribution in [-0.2, 0) is 14.1 Å². The summed E-state index contributed by atoms with van der Waals surface area (Å²) in [6.07, 6.45) is 0. The molecule has 66 valence electrons. The summed E-state index contributed by atoms with van der Waals surface area (Å²) in [5, 5.41) is 1.70. The Balaban J connectivity index is 3.55. The molecule has 0 rings (SSSR count). The molecule has 0 saturated heterocycles. The van der Waals surface area contributed by atoms with Crippen LogP contribution in [0.3, 0.4) is 0 Å². The van der Waals surface area contributed by atoms with Crippen molar-refractivity contribution >= 4 is 13.7 Å². The molecular formula is C4H10NO5P.